The van der Waals surface area contributed by atoms with Gasteiger partial charge in [0, 0.05) is 36.8 Å². The molecule has 5 rings (SSSR count). The van der Waals surface area contributed by atoms with E-state index < -0.39 is 12.2 Å². The van der Waals surface area contributed by atoms with Crippen LogP contribution >= 0.6 is 11.3 Å². The van der Waals surface area contributed by atoms with Crippen LogP contribution in [-0.4, -0.2) is 59.5 Å². The van der Waals surface area contributed by atoms with E-state index in [4.69, 9.17) is 25.4 Å². The number of nitrogens with two attached hydrogens (primary N) is 1. The summed E-state index contributed by atoms with van der Waals surface area (Å²) < 4.78 is 20.3. The molecule has 2 aromatic carbocycles. The van der Waals surface area contributed by atoms with Crippen molar-refractivity contribution in [1.82, 2.24) is 14.7 Å². The smallest absolute Gasteiger partial charge is 0.411 e. The fourth-order valence-corrected chi connectivity index (χ4v) is 5.44. The number of nitrogens with zero attached hydrogens (tertiary/aromatic N) is 3. The average Bonchev–Trinajstić information content (AvgIpc) is 3.50. The van der Waals surface area contributed by atoms with Gasteiger partial charge in [0.25, 0.3) is 0 Å². The van der Waals surface area contributed by atoms with Crippen molar-refractivity contribution in [3.05, 3.63) is 76.4 Å². The lowest BCUT2D eigenvalue weighted by Gasteiger charge is -2.26. The first kappa shape index (κ1) is 26.7. The van der Waals surface area contributed by atoms with Gasteiger partial charge >= 0.3 is 6.09 Å². The van der Waals surface area contributed by atoms with E-state index in [0.717, 1.165) is 40.1 Å². The van der Waals surface area contributed by atoms with Crippen LogP contribution in [0, 0.1) is 12.3 Å². The highest BCUT2D eigenvalue weighted by Crippen LogP contribution is 2.35. The molecular formula is C28H32N6O4S. The number of aryl methyl sites for hydroxylation is 1. The SMILES string of the molecule is Cc1c(NC(=O)OCC(Oc2cccc3sc(C(=N)N)cc23)c2ccccc2)c(CN2CCOCC2)nn1C. The molecule has 3 heterocycles. The highest BCUT2D eigenvalue weighted by Gasteiger charge is 2.22. The standard InChI is InChI=1S/C28H32N6O4S/c1-18-26(21(32-33(18)2)16-34-11-13-36-14-12-34)31-28(35)37-17-23(19-7-4-3-5-8-19)38-22-9-6-10-24-20(22)15-25(39-24)27(29)30/h3-10,15,23H,11-14,16-17H2,1-2H3,(H3,29,30)(H,31,35). The molecule has 11 heteroatoms. The number of fused-ring (bicyclic) bond motifs is 1. The van der Waals surface area contributed by atoms with Gasteiger partial charge in [0.15, 0.2) is 6.10 Å². The van der Waals surface area contributed by atoms with E-state index >= 15 is 0 Å². The van der Waals surface area contributed by atoms with Gasteiger partial charge in [-0.3, -0.25) is 20.3 Å². The number of carbonyl (C=O) groups is 1. The van der Waals surface area contributed by atoms with Crippen LogP contribution in [0.25, 0.3) is 10.1 Å². The molecule has 4 N–H and O–H groups in total. The Balaban J connectivity index is 1.31. The summed E-state index contributed by atoms with van der Waals surface area (Å²) in [4.78, 5) is 15.9. The second kappa shape index (κ2) is 11.9. The maximum absolute atomic E-state index is 13.0. The molecule has 0 saturated carbocycles. The predicted molar refractivity (Wildman–Crippen MR) is 152 cm³/mol. The van der Waals surface area contributed by atoms with E-state index in [9.17, 15) is 4.79 Å². The zero-order valence-corrected chi connectivity index (χ0v) is 22.8. The normalized spacial score (nSPS) is 14.7. The summed E-state index contributed by atoms with van der Waals surface area (Å²) in [5.41, 5.74) is 8.87. The second-order valence-electron chi connectivity index (χ2n) is 9.35. The number of morpholine rings is 1. The Kier molecular flexibility index (Phi) is 8.10. The summed E-state index contributed by atoms with van der Waals surface area (Å²) in [6, 6.07) is 17.2. The van der Waals surface area contributed by atoms with Gasteiger partial charge in [-0.25, -0.2) is 4.79 Å². The van der Waals surface area contributed by atoms with E-state index in [1.165, 1.54) is 11.3 Å². The minimum atomic E-state index is -0.577. The zero-order chi connectivity index (χ0) is 27.4. The Labute approximate surface area is 230 Å². The number of ether oxygens (including phenoxy) is 3. The molecule has 0 bridgehead atoms. The van der Waals surface area contributed by atoms with Crippen molar-refractivity contribution in [3.63, 3.8) is 0 Å². The summed E-state index contributed by atoms with van der Waals surface area (Å²) in [7, 11) is 1.86. The Bertz CT molecular complexity index is 1460. The van der Waals surface area contributed by atoms with Gasteiger partial charge in [-0.1, -0.05) is 36.4 Å². The Hall–Kier alpha value is -3.93. The molecule has 0 aliphatic carbocycles. The van der Waals surface area contributed by atoms with Crippen LogP contribution in [0.15, 0.2) is 54.6 Å². The van der Waals surface area contributed by atoms with E-state index in [2.05, 4.69) is 15.3 Å². The Morgan fingerprint density at radius 1 is 1.21 bits per heavy atom. The fraction of sp³-hybridized carbons (Fsp3) is 0.321. The number of amides is 1. The number of hydrogen-bond acceptors (Lipinski definition) is 8. The van der Waals surface area contributed by atoms with Crippen molar-refractivity contribution in [2.45, 2.75) is 19.6 Å². The summed E-state index contributed by atoms with van der Waals surface area (Å²) in [6.07, 6.45) is -1.13. The highest BCUT2D eigenvalue weighted by molar-refractivity contribution is 7.20. The molecule has 1 saturated heterocycles. The van der Waals surface area contributed by atoms with Crippen molar-refractivity contribution in [3.8, 4) is 5.75 Å². The number of rotatable bonds is 9. The molecule has 1 fully saturated rings. The molecule has 1 unspecified atom stereocenters. The van der Waals surface area contributed by atoms with Crippen LogP contribution < -0.4 is 15.8 Å². The molecule has 0 radical (unpaired) electrons. The third-order valence-electron chi connectivity index (χ3n) is 6.70. The van der Waals surface area contributed by atoms with Gasteiger partial charge in [0.1, 0.15) is 23.9 Å². The number of nitrogen functional groups attached to an aromatic ring is 1. The minimum Gasteiger partial charge on any atom is -0.481 e. The number of nitrogens with one attached hydrogen (secondary N) is 2. The van der Waals surface area contributed by atoms with Gasteiger partial charge in [-0.2, -0.15) is 5.10 Å². The van der Waals surface area contributed by atoms with Crippen molar-refractivity contribution >= 4 is 39.0 Å². The van der Waals surface area contributed by atoms with Crippen molar-refractivity contribution < 1.29 is 19.0 Å². The number of anilines is 1. The van der Waals surface area contributed by atoms with Crippen molar-refractivity contribution in [1.29, 1.82) is 5.41 Å². The lowest BCUT2D eigenvalue weighted by atomic mass is 10.1. The largest absolute Gasteiger partial charge is 0.481 e. The van der Waals surface area contributed by atoms with Crippen LogP contribution in [0.1, 0.15) is 27.9 Å². The zero-order valence-electron chi connectivity index (χ0n) is 22.0. The van der Waals surface area contributed by atoms with Gasteiger partial charge in [-0.05, 0) is 30.7 Å². The number of carbonyl (C=O) groups excluding carboxylic acids is 1. The van der Waals surface area contributed by atoms with Crippen LogP contribution in [0.4, 0.5) is 10.5 Å². The highest BCUT2D eigenvalue weighted by atomic mass is 32.1. The molecular weight excluding hydrogens is 516 g/mol. The van der Waals surface area contributed by atoms with Gasteiger partial charge < -0.3 is 19.9 Å². The third kappa shape index (κ3) is 6.22. The number of aromatic nitrogens is 2. The fourth-order valence-electron chi connectivity index (χ4n) is 4.50. The quantitative estimate of drug-likeness (QED) is 0.209. The summed E-state index contributed by atoms with van der Waals surface area (Å²) in [6.45, 7) is 5.54. The Morgan fingerprint density at radius 2 is 1.97 bits per heavy atom. The third-order valence-corrected chi connectivity index (χ3v) is 7.84. The molecule has 204 valence electrons. The molecule has 0 spiro atoms. The molecule has 10 nitrogen and oxygen atoms in total. The first-order valence-corrected chi connectivity index (χ1v) is 13.6. The van der Waals surface area contributed by atoms with E-state index in [1.54, 1.807) is 4.68 Å². The Morgan fingerprint density at radius 3 is 2.72 bits per heavy atom. The molecule has 2 aromatic heterocycles. The number of thiophene rings is 1. The summed E-state index contributed by atoms with van der Waals surface area (Å²) in [5.74, 6) is 0.644. The van der Waals surface area contributed by atoms with Gasteiger partial charge in [0.2, 0.25) is 0 Å². The number of benzene rings is 2. The lowest BCUT2D eigenvalue weighted by Crippen LogP contribution is -2.36. The van der Waals surface area contributed by atoms with Gasteiger partial charge in [-0.15, -0.1) is 11.3 Å². The first-order chi connectivity index (χ1) is 18.9. The van der Waals surface area contributed by atoms with Crippen LogP contribution in [0.5, 0.6) is 5.75 Å². The minimum absolute atomic E-state index is 0.00591. The van der Waals surface area contributed by atoms with Crippen LogP contribution in [0.2, 0.25) is 0 Å². The average molecular weight is 549 g/mol. The number of hydrogen-bond donors (Lipinski definition) is 3. The van der Waals surface area contributed by atoms with Gasteiger partial charge in [0.05, 0.1) is 29.5 Å². The van der Waals surface area contributed by atoms with E-state index in [-0.39, 0.29) is 12.4 Å². The lowest BCUT2D eigenvalue weighted by molar-refractivity contribution is 0.0336. The van der Waals surface area contributed by atoms with E-state index in [0.29, 0.717) is 36.1 Å². The second-order valence-corrected chi connectivity index (χ2v) is 10.4. The predicted octanol–water partition coefficient (Wildman–Crippen LogP) is 4.43. The molecule has 39 heavy (non-hydrogen) atoms. The number of amidine groups is 1. The molecule has 4 aromatic rings. The summed E-state index contributed by atoms with van der Waals surface area (Å²) >= 11 is 1.44. The van der Waals surface area contributed by atoms with Crippen LogP contribution in [-0.2, 0) is 23.1 Å². The molecule has 1 amide bonds. The molecule has 1 aliphatic rings. The maximum atomic E-state index is 13.0. The molecule has 1 aliphatic heterocycles. The van der Waals surface area contributed by atoms with Crippen LogP contribution in [0.3, 0.4) is 0 Å². The van der Waals surface area contributed by atoms with E-state index in [1.807, 2.05) is 68.6 Å². The molecule has 1 atom stereocenters. The summed E-state index contributed by atoms with van der Waals surface area (Å²) in [5, 5.41) is 16.2. The van der Waals surface area contributed by atoms with Crippen molar-refractivity contribution in [2.24, 2.45) is 12.8 Å². The monoisotopic (exact) mass is 548 g/mol. The van der Waals surface area contributed by atoms with Crippen molar-refractivity contribution in [2.75, 3.05) is 38.2 Å². The maximum Gasteiger partial charge on any atom is 0.411 e. The first-order valence-electron chi connectivity index (χ1n) is 12.7. The topological polar surface area (TPSA) is 128 Å².